The first-order chi connectivity index (χ1) is 13.3. The van der Waals surface area contributed by atoms with E-state index < -0.39 is 27.9 Å². The van der Waals surface area contributed by atoms with Crippen molar-refractivity contribution in [3.05, 3.63) is 18.1 Å². The summed E-state index contributed by atoms with van der Waals surface area (Å²) in [4.78, 5) is 22.8. The Balaban J connectivity index is 1.66. The molecule has 0 saturated carbocycles. The Morgan fingerprint density at radius 1 is 1.50 bits per heavy atom. The van der Waals surface area contributed by atoms with Gasteiger partial charge in [0.1, 0.15) is 11.9 Å². The first-order valence-corrected chi connectivity index (χ1v) is 10.4. The molecule has 0 aliphatic carbocycles. The lowest BCUT2D eigenvalue weighted by Crippen LogP contribution is -2.41. The summed E-state index contributed by atoms with van der Waals surface area (Å²) >= 11 is 0. The highest BCUT2D eigenvalue weighted by molar-refractivity contribution is 7.91. The van der Waals surface area contributed by atoms with Gasteiger partial charge in [0.05, 0.1) is 36.5 Å². The molecule has 1 aromatic heterocycles. The van der Waals surface area contributed by atoms with Gasteiger partial charge in [-0.2, -0.15) is 4.99 Å². The van der Waals surface area contributed by atoms with Gasteiger partial charge in [-0.05, 0) is 6.92 Å². The van der Waals surface area contributed by atoms with E-state index in [0.29, 0.717) is 12.4 Å². The van der Waals surface area contributed by atoms with E-state index in [0.717, 1.165) is 0 Å². The number of aromatic nitrogens is 1. The normalized spacial score (nSPS) is 22.0. The molecule has 28 heavy (non-hydrogen) atoms. The molecule has 1 atom stereocenters. The Hall–Kier alpha value is -2.87. The first kappa shape index (κ1) is 19.9. The zero-order valence-corrected chi connectivity index (χ0v) is 16.1. The fourth-order valence-corrected chi connectivity index (χ4v) is 4.16. The molecule has 2 aliphatic rings. The molecule has 0 radical (unpaired) electrons. The molecule has 11 heteroatoms. The van der Waals surface area contributed by atoms with Crippen LogP contribution >= 0.6 is 0 Å². The maximum Gasteiger partial charge on any atom is 0.414 e. The van der Waals surface area contributed by atoms with E-state index in [2.05, 4.69) is 21.3 Å². The van der Waals surface area contributed by atoms with Gasteiger partial charge in [-0.15, -0.1) is 0 Å². The number of anilines is 2. The third-order valence-corrected chi connectivity index (χ3v) is 6.06. The van der Waals surface area contributed by atoms with Crippen molar-refractivity contribution >= 4 is 33.3 Å². The summed E-state index contributed by atoms with van der Waals surface area (Å²) in [6, 6.07) is 3.35. The molecule has 2 aliphatic heterocycles. The molecule has 0 spiro atoms. The fraction of sp³-hybridized carbons (Fsp3) is 0.471. The van der Waals surface area contributed by atoms with Crippen molar-refractivity contribution < 1.29 is 22.3 Å². The largest absolute Gasteiger partial charge is 0.442 e. The minimum Gasteiger partial charge on any atom is -0.442 e. The zero-order chi connectivity index (χ0) is 20.3. The zero-order valence-electron chi connectivity index (χ0n) is 15.3. The highest BCUT2D eigenvalue weighted by atomic mass is 32.2. The van der Waals surface area contributed by atoms with Gasteiger partial charge in [0.25, 0.3) is 0 Å². The predicted octanol–water partition coefficient (Wildman–Crippen LogP) is 0.379. The van der Waals surface area contributed by atoms with Gasteiger partial charge in [-0.1, -0.05) is 6.42 Å². The van der Waals surface area contributed by atoms with Gasteiger partial charge < -0.3 is 15.0 Å². The number of hydrogen-bond donors (Lipinski definition) is 1. The number of carbonyl (C=O) groups is 1. The maximum absolute atomic E-state index is 14.6. The van der Waals surface area contributed by atoms with E-state index in [-0.39, 0.29) is 42.6 Å². The Morgan fingerprint density at radius 2 is 2.21 bits per heavy atom. The number of amidine groups is 1. The minimum atomic E-state index is -3.07. The SMILES string of the molecule is C#CN=C(C)NC[C@H]1CN(c2cnc(N3CCS(=O)(=O)CC3)c(F)c2)C(=O)O1. The first-order valence-electron chi connectivity index (χ1n) is 8.62. The number of terminal acetylenes is 1. The van der Waals surface area contributed by atoms with Crippen LogP contribution < -0.4 is 15.1 Å². The van der Waals surface area contributed by atoms with Crippen LogP contribution in [0.3, 0.4) is 0 Å². The van der Waals surface area contributed by atoms with Crippen LogP contribution in [0.2, 0.25) is 0 Å². The highest BCUT2D eigenvalue weighted by Gasteiger charge is 2.33. The summed E-state index contributed by atoms with van der Waals surface area (Å²) in [6.45, 7) is 2.60. The molecule has 3 rings (SSSR count). The van der Waals surface area contributed by atoms with Crippen molar-refractivity contribution in [2.45, 2.75) is 13.0 Å². The lowest BCUT2D eigenvalue weighted by Gasteiger charge is -2.28. The smallest absolute Gasteiger partial charge is 0.414 e. The maximum atomic E-state index is 14.6. The number of pyridine rings is 1. The standard InChI is InChI=1S/C17H20FN5O4S/c1-3-19-12(2)20-10-14-11-23(17(24)27-14)13-8-15(18)16(21-9-13)22-4-6-28(25,26)7-5-22/h1,8-9,14H,4-7,10-11H2,2H3,(H,19,20)/t14-/m0/s1. The van der Waals surface area contributed by atoms with E-state index in [9.17, 15) is 17.6 Å². The Morgan fingerprint density at radius 3 is 2.86 bits per heavy atom. The van der Waals surface area contributed by atoms with Crippen molar-refractivity contribution in [2.75, 3.05) is 47.5 Å². The molecule has 0 aromatic carbocycles. The summed E-state index contributed by atoms with van der Waals surface area (Å²) in [5.41, 5.74) is 0.271. The topological polar surface area (TPSA) is 104 Å². The van der Waals surface area contributed by atoms with E-state index in [1.807, 2.05) is 0 Å². The summed E-state index contributed by atoms with van der Waals surface area (Å²) in [7, 11) is -3.07. The highest BCUT2D eigenvalue weighted by Crippen LogP contribution is 2.26. The number of ether oxygens (including phenoxy) is 1. The molecule has 2 saturated heterocycles. The summed E-state index contributed by atoms with van der Waals surface area (Å²) < 4.78 is 42.9. The number of cyclic esters (lactones) is 1. The predicted molar refractivity (Wildman–Crippen MR) is 103 cm³/mol. The summed E-state index contributed by atoms with van der Waals surface area (Å²) in [5, 5.41) is 2.95. The second-order valence-electron chi connectivity index (χ2n) is 6.46. The summed E-state index contributed by atoms with van der Waals surface area (Å²) in [5.74, 6) is -0.0945. The molecule has 3 heterocycles. The van der Waals surface area contributed by atoms with E-state index >= 15 is 0 Å². The molecule has 1 amide bonds. The van der Waals surface area contributed by atoms with E-state index in [4.69, 9.17) is 11.2 Å². The fourth-order valence-electron chi connectivity index (χ4n) is 2.96. The number of halogens is 1. The number of amides is 1. The monoisotopic (exact) mass is 409 g/mol. The van der Waals surface area contributed by atoms with Gasteiger partial charge in [0.15, 0.2) is 21.5 Å². The molecule has 1 N–H and O–H groups in total. The second-order valence-corrected chi connectivity index (χ2v) is 8.77. The quantitative estimate of drug-likeness (QED) is 0.436. The average Bonchev–Trinajstić information content (AvgIpc) is 3.01. The lowest BCUT2D eigenvalue weighted by atomic mass is 10.3. The number of hydrogen-bond acceptors (Lipinski definition) is 7. The molecule has 0 bridgehead atoms. The molecule has 2 fully saturated rings. The van der Waals surface area contributed by atoms with Crippen LogP contribution in [0, 0.1) is 18.3 Å². The Bertz CT molecular complexity index is 929. The molecule has 0 unspecified atom stereocenters. The second kappa shape index (κ2) is 8.02. The lowest BCUT2D eigenvalue weighted by molar-refractivity contribution is 0.143. The Labute approximate surface area is 162 Å². The number of aliphatic imine (C=N–C) groups is 1. The minimum absolute atomic E-state index is 0.0363. The van der Waals surface area contributed by atoms with Crippen LogP contribution in [0.25, 0.3) is 0 Å². The molecule has 9 nitrogen and oxygen atoms in total. The number of nitrogens with one attached hydrogen (secondary N) is 1. The van der Waals surface area contributed by atoms with Gasteiger partial charge in [-0.25, -0.2) is 22.6 Å². The van der Waals surface area contributed by atoms with Crippen molar-refractivity contribution in [1.82, 2.24) is 10.3 Å². The van der Waals surface area contributed by atoms with Crippen LogP contribution in [0.5, 0.6) is 0 Å². The third kappa shape index (κ3) is 4.51. The van der Waals surface area contributed by atoms with Crippen molar-refractivity contribution in [1.29, 1.82) is 0 Å². The van der Waals surface area contributed by atoms with Crippen LogP contribution in [0.4, 0.5) is 20.7 Å². The third-order valence-electron chi connectivity index (χ3n) is 4.45. The van der Waals surface area contributed by atoms with Crippen LogP contribution in [0.15, 0.2) is 17.3 Å². The molecule has 150 valence electrons. The van der Waals surface area contributed by atoms with Gasteiger partial charge >= 0.3 is 6.09 Å². The van der Waals surface area contributed by atoms with Gasteiger partial charge in [0, 0.05) is 25.2 Å². The Kier molecular flexibility index (Phi) is 5.69. The van der Waals surface area contributed by atoms with Crippen molar-refractivity contribution in [3.63, 3.8) is 0 Å². The number of carbonyl (C=O) groups excluding carboxylic acids is 1. The van der Waals surface area contributed by atoms with Crippen molar-refractivity contribution in [3.8, 4) is 12.5 Å². The van der Waals surface area contributed by atoms with E-state index in [1.54, 1.807) is 11.8 Å². The van der Waals surface area contributed by atoms with Crippen LogP contribution in [-0.4, -0.2) is 69.1 Å². The van der Waals surface area contributed by atoms with Gasteiger partial charge in [-0.3, -0.25) is 4.90 Å². The molecular weight excluding hydrogens is 389 g/mol. The van der Waals surface area contributed by atoms with Crippen LogP contribution in [-0.2, 0) is 14.6 Å². The number of rotatable bonds is 4. The van der Waals surface area contributed by atoms with Crippen molar-refractivity contribution in [2.24, 2.45) is 4.99 Å². The van der Waals surface area contributed by atoms with Gasteiger partial charge in [0.2, 0.25) is 0 Å². The number of nitrogens with zero attached hydrogens (tertiary/aromatic N) is 4. The summed E-state index contributed by atoms with van der Waals surface area (Å²) in [6.07, 6.45) is 5.40. The molecular formula is C17H20FN5O4S. The van der Waals surface area contributed by atoms with Crippen LogP contribution in [0.1, 0.15) is 6.92 Å². The average molecular weight is 409 g/mol. The molecule has 1 aromatic rings. The van der Waals surface area contributed by atoms with E-state index in [1.165, 1.54) is 17.2 Å². The number of sulfone groups is 1.